The van der Waals surface area contributed by atoms with E-state index in [0.29, 0.717) is 0 Å². The van der Waals surface area contributed by atoms with Gasteiger partial charge in [-0.3, -0.25) is 4.57 Å². The lowest BCUT2D eigenvalue weighted by atomic mass is 9.51. The minimum atomic E-state index is -1.05. The third kappa shape index (κ3) is 8.46. The second kappa shape index (κ2) is 22.6. The van der Waals surface area contributed by atoms with E-state index in [0.717, 1.165) is 11.5 Å². The lowest BCUT2D eigenvalue weighted by molar-refractivity contribution is 0.550. The average molecular weight is 1150 g/mol. The first-order valence-electron chi connectivity index (χ1n) is 34.5. The number of aromatic nitrogens is 4. The molecule has 0 spiro atoms. The Balaban J connectivity index is 1.41. The Morgan fingerprint density at radius 3 is 0.806 bits per heavy atom. The van der Waals surface area contributed by atoms with Crippen molar-refractivity contribution in [2.75, 3.05) is 0 Å². The van der Waals surface area contributed by atoms with Gasteiger partial charge in [0.05, 0.1) is 11.2 Å². The van der Waals surface area contributed by atoms with E-state index in [1.54, 1.807) is 0 Å². The van der Waals surface area contributed by atoms with Crippen LogP contribution in [0.1, 0.15) is 16.8 Å². The molecule has 93 heavy (non-hydrogen) atoms. The molecule has 0 saturated heterocycles. The highest BCUT2D eigenvalue weighted by atomic mass is 15.1. The largest absolute Gasteiger partial charge is 0.321 e. The predicted octanol–water partition coefficient (Wildman–Crippen LogP) is -47.7. The smallest absolute Gasteiger partial charge is 0.143 e. The van der Waals surface area contributed by atoms with Gasteiger partial charge in [-0.05, 0) is 44.1 Å². The molecule has 0 amide bonds. The van der Waals surface area contributed by atoms with Gasteiger partial charge in [-0.2, -0.15) is 0 Å². The Kier molecular flexibility index (Phi) is 16.4. The molecule has 0 aliphatic rings. The van der Waals surface area contributed by atoms with E-state index >= 15 is 0 Å². The number of pyridine rings is 1. The Morgan fingerprint density at radius 1 is 0.226 bits per heavy atom. The van der Waals surface area contributed by atoms with Crippen LogP contribution in [-0.4, -0.2) is 293 Å². The van der Waals surface area contributed by atoms with Gasteiger partial charge in [0.25, 0.3) is 0 Å². The van der Waals surface area contributed by atoms with E-state index in [2.05, 4.69) is 294 Å². The van der Waals surface area contributed by atoms with E-state index in [1.807, 2.05) is 0 Å². The van der Waals surface area contributed by atoms with E-state index in [1.165, 1.54) is 273 Å². The molecule has 0 N–H and O–H groups in total. The van der Waals surface area contributed by atoms with E-state index in [9.17, 15) is 0 Å². The maximum atomic E-state index is 6.83. The first-order chi connectivity index (χ1) is 43.3. The lowest BCUT2D eigenvalue weighted by Gasteiger charge is -2.46. The van der Waals surface area contributed by atoms with Crippen LogP contribution in [0.4, 0.5) is 0 Å². The van der Waals surface area contributed by atoms with Crippen LogP contribution in [0, 0.1) is 0 Å². The highest BCUT2D eigenvalue weighted by Gasteiger charge is 2.49. The van der Waals surface area contributed by atoms with Crippen molar-refractivity contribution in [3.63, 3.8) is 0 Å². The number of benzene rings is 8. The van der Waals surface area contributed by atoms with Gasteiger partial charge < -0.3 is 9.13 Å². The SMILES string of the molecule is Bc1cc2c(c(B)c1-n1c3c(B)c(B)c(B)c(B)c3c3c(B)c(B)c(B)c(B)c31)c1c(B)c(B)c(B)c(B)c1n2-c1nc(C(c2c(B)c(B)c(B)c(B)c2B)(c2c(B)c(B)c(B)c(B)c2B)n2c3c(B)c(B)c(B)c(B)c3c3c(B)c(B)c(B)c(B)c32)c(B)c(B)c1B. The molecule has 4 aromatic heterocycles. The Bertz CT molecular complexity index is 5310. The van der Waals surface area contributed by atoms with Crippen LogP contribution >= 0.6 is 0 Å². The average Bonchev–Trinajstić information content (AvgIpc) is 1.62. The summed E-state index contributed by atoms with van der Waals surface area (Å²) in [6.07, 6.45) is 0. The van der Waals surface area contributed by atoms with E-state index in [4.69, 9.17) is 4.98 Å². The normalized spacial score (nSPS) is 12.1. The molecule has 0 saturated carbocycles. The molecule has 412 valence electrons. The van der Waals surface area contributed by atoms with Gasteiger partial charge in [0.1, 0.15) is 286 Å². The van der Waals surface area contributed by atoms with E-state index < -0.39 is 5.54 Å². The molecule has 4 nitrogen and oxygen atoms in total. The van der Waals surface area contributed by atoms with Crippen LogP contribution in [0.3, 0.4) is 0 Å². The molecular formula is C54H71B35N4. The van der Waals surface area contributed by atoms with Crippen LogP contribution in [-0.2, 0) is 5.54 Å². The minimum Gasteiger partial charge on any atom is -0.321 e. The first kappa shape index (κ1) is 67.6. The van der Waals surface area contributed by atoms with E-state index in [-0.39, 0.29) is 0 Å². The maximum absolute atomic E-state index is 6.83. The zero-order valence-electron chi connectivity index (χ0n) is 63.9. The molecule has 0 bridgehead atoms. The van der Waals surface area contributed by atoms with Gasteiger partial charge in [-0.25, -0.2) is 4.98 Å². The van der Waals surface area contributed by atoms with Crippen molar-refractivity contribution in [2.24, 2.45) is 0 Å². The quantitative estimate of drug-likeness (QED) is 0.153. The third-order valence-corrected chi connectivity index (χ3v) is 27.0. The van der Waals surface area contributed by atoms with Gasteiger partial charge in [0, 0.05) is 38.7 Å². The predicted molar refractivity (Wildman–Crippen MR) is 527 cm³/mol. The summed E-state index contributed by atoms with van der Waals surface area (Å²) in [7, 11) is 83.6. The summed E-state index contributed by atoms with van der Waals surface area (Å²) in [6, 6.07) is 2.57. The summed E-state index contributed by atoms with van der Waals surface area (Å²) in [5.41, 5.74) is 58.4. The number of rotatable bonds is 6. The topological polar surface area (TPSA) is 27.7 Å². The van der Waals surface area contributed by atoms with Crippen molar-refractivity contribution < 1.29 is 0 Å². The zero-order chi connectivity index (χ0) is 68.7. The van der Waals surface area contributed by atoms with Crippen molar-refractivity contribution in [3.8, 4) is 11.5 Å². The molecular weight excluding hydrogens is 1080 g/mol. The fraction of sp³-hybridized carbons (Fsp3) is 0.0185. The molecule has 0 radical (unpaired) electrons. The summed E-state index contributed by atoms with van der Waals surface area (Å²) in [6.45, 7) is 0. The van der Waals surface area contributed by atoms with Crippen molar-refractivity contribution in [2.45, 2.75) is 5.54 Å². The zero-order valence-corrected chi connectivity index (χ0v) is 63.9. The molecule has 12 aromatic rings. The molecule has 0 unspecified atom stereocenters. The molecule has 0 fully saturated rings. The van der Waals surface area contributed by atoms with Gasteiger partial charge in [-0.15, -0.1) is 60.1 Å². The standard InChI is InChI=1S/C54H71B35N4/c55-2-1-3-4(17(61)46(2)92-48-6(13(57)23(67)34(78)40(48)84)7-14(58)24(68)35(79)41(85)49(7)92)5-12(56)22(66)33(77)39(83)47(5)91(3)53-45(89)38(82)44(88)52(90-53)54(10-18(62)27(71)31(75)28(72)19(10)63,11-20(64)29(73)32(76)30(74)21(11)65)93-50-8(15(59)25(69)36(80)42(50)86)9-16(60)26(70)37(81)43(87)51(9)93/h1H,55-89H2. The molecule has 4 heterocycles. The molecule has 8 aromatic carbocycles. The summed E-state index contributed by atoms with van der Waals surface area (Å²) >= 11 is 0. The summed E-state index contributed by atoms with van der Waals surface area (Å²) in [5, 5.41) is 8.14. The molecule has 0 aliphatic heterocycles. The van der Waals surface area contributed by atoms with Crippen molar-refractivity contribution in [3.05, 3.63) is 22.9 Å². The summed E-state index contributed by atoms with van der Waals surface area (Å²) in [5.74, 6) is 0.995. The highest BCUT2D eigenvalue weighted by Crippen LogP contribution is 2.42. The summed E-state index contributed by atoms with van der Waals surface area (Å²) < 4.78 is 8.35. The van der Waals surface area contributed by atoms with Crippen molar-refractivity contribution in [1.82, 2.24) is 18.7 Å². The fourth-order valence-electron chi connectivity index (χ4n) is 18.5. The maximum Gasteiger partial charge on any atom is 0.143 e. The Morgan fingerprint density at radius 2 is 0.473 bits per heavy atom. The van der Waals surface area contributed by atoms with Crippen LogP contribution < -0.4 is 191 Å². The molecule has 39 heteroatoms. The van der Waals surface area contributed by atoms with Crippen molar-refractivity contribution in [1.29, 1.82) is 0 Å². The van der Waals surface area contributed by atoms with Gasteiger partial charge in [-0.1, -0.05) is 131 Å². The number of fused-ring (bicyclic) bond motifs is 9. The van der Waals surface area contributed by atoms with Gasteiger partial charge in [0.15, 0.2) is 0 Å². The second-order valence-corrected chi connectivity index (χ2v) is 30.1. The lowest BCUT2D eigenvalue weighted by Crippen LogP contribution is -2.67. The van der Waals surface area contributed by atoms with Crippen molar-refractivity contribution >= 4 is 531 Å². The van der Waals surface area contributed by atoms with Gasteiger partial charge >= 0.3 is 0 Å². The minimum absolute atomic E-state index is 0.995. The number of hydrogen-bond donors (Lipinski definition) is 0. The third-order valence-electron chi connectivity index (χ3n) is 27.0. The molecule has 0 atom stereocenters. The second-order valence-electron chi connectivity index (χ2n) is 30.1. The molecule has 12 rings (SSSR count). The van der Waals surface area contributed by atoms with Crippen LogP contribution in [0.2, 0.25) is 0 Å². The highest BCUT2D eigenvalue weighted by molar-refractivity contribution is 6.77. The monoisotopic (exact) mass is 1160 g/mol. The summed E-state index contributed by atoms with van der Waals surface area (Å²) in [4.78, 5) is 6.83. The van der Waals surface area contributed by atoms with Gasteiger partial charge in [0.2, 0.25) is 0 Å². The molecule has 0 aliphatic carbocycles. The van der Waals surface area contributed by atoms with Crippen LogP contribution in [0.25, 0.3) is 76.9 Å². The number of hydrogen-bond acceptors (Lipinski definition) is 1. The van der Waals surface area contributed by atoms with Crippen LogP contribution in [0.5, 0.6) is 0 Å². The first-order valence-corrected chi connectivity index (χ1v) is 34.5. The number of nitrogens with zero attached hydrogens (tertiary/aromatic N) is 4. The van der Waals surface area contributed by atoms with Crippen LogP contribution in [0.15, 0.2) is 6.07 Å². The Labute approximate surface area is 585 Å². The Hall–Kier alpha value is -5.42. The fourth-order valence-corrected chi connectivity index (χ4v) is 18.5.